The Morgan fingerprint density at radius 3 is 2.33 bits per heavy atom. The molecule has 2 unspecified atom stereocenters. The first-order chi connectivity index (χ1) is 19.9. The van der Waals surface area contributed by atoms with Crippen molar-refractivity contribution in [2.24, 2.45) is 11.7 Å². The maximum atomic E-state index is 14.1. The molecule has 0 radical (unpaired) electrons. The first kappa shape index (κ1) is 30.8. The lowest BCUT2D eigenvalue weighted by Crippen LogP contribution is -2.59. The van der Waals surface area contributed by atoms with E-state index in [-0.39, 0.29) is 23.9 Å². The van der Waals surface area contributed by atoms with Gasteiger partial charge in [-0.2, -0.15) is 5.10 Å². The largest absolute Gasteiger partial charge is 0.368 e. The Balaban J connectivity index is 1.73. The van der Waals surface area contributed by atoms with Crippen LogP contribution in [-0.4, -0.2) is 33.5 Å². The normalized spacial score (nSPS) is 17.8. The summed E-state index contributed by atoms with van der Waals surface area (Å²) in [5, 5.41) is 14.0. The molecule has 0 saturated carbocycles. The molecular weight excluding hydrogens is 528 g/mol. The lowest BCUT2D eigenvalue weighted by Gasteiger charge is -2.38. The molecule has 1 aromatic heterocycles. The van der Waals surface area contributed by atoms with Crippen LogP contribution in [0.2, 0.25) is 0 Å². The number of nitrogens with two attached hydrogens (primary N) is 1. The summed E-state index contributed by atoms with van der Waals surface area (Å²) in [5.74, 6) is -0.811. The van der Waals surface area contributed by atoms with E-state index in [2.05, 4.69) is 54.0 Å². The van der Waals surface area contributed by atoms with Crippen LogP contribution in [0.5, 0.6) is 0 Å². The minimum absolute atomic E-state index is 0.0230. The summed E-state index contributed by atoms with van der Waals surface area (Å²) in [6.07, 6.45) is 3.81. The van der Waals surface area contributed by atoms with Crippen LogP contribution in [-0.2, 0) is 27.1 Å². The van der Waals surface area contributed by atoms with Gasteiger partial charge in [-0.05, 0) is 62.1 Å². The van der Waals surface area contributed by atoms with E-state index in [1.54, 1.807) is 6.20 Å². The molecule has 2 heterocycles. The second kappa shape index (κ2) is 12.4. The Hall–Kier alpha value is -4.14. The van der Waals surface area contributed by atoms with Crippen LogP contribution in [0, 0.1) is 5.92 Å². The zero-order valence-electron chi connectivity index (χ0n) is 25.5. The molecule has 42 heavy (non-hydrogen) atoms. The van der Waals surface area contributed by atoms with Gasteiger partial charge < -0.3 is 21.7 Å². The van der Waals surface area contributed by atoms with Crippen molar-refractivity contribution in [2.75, 3.05) is 5.32 Å². The molecule has 1 aliphatic heterocycles. The first-order valence-electron chi connectivity index (χ1n) is 14.8. The Morgan fingerprint density at radius 1 is 1.10 bits per heavy atom. The van der Waals surface area contributed by atoms with Crippen LogP contribution in [0.25, 0.3) is 0 Å². The molecule has 3 amide bonds. The van der Waals surface area contributed by atoms with Crippen LogP contribution in [0.4, 0.5) is 5.82 Å². The van der Waals surface area contributed by atoms with E-state index in [0.717, 1.165) is 24.0 Å². The molecule has 4 rings (SSSR count). The minimum atomic E-state index is -1.45. The number of aromatic nitrogens is 2. The molecule has 3 atom stereocenters. The third-order valence-electron chi connectivity index (χ3n) is 8.26. The quantitative estimate of drug-likeness (QED) is 0.262. The number of aryl methyl sites for hydroxylation is 1. The molecule has 5 N–H and O–H groups in total. The number of anilines is 1. The number of primary amides is 1. The fourth-order valence-corrected chi connectivity index (χ4v) is 5.80. The molecule has 0 fully saturated rings. The topological polar surface area (TPSA) is 131 Å². The Labute approximate surface area is 248 Å². The maximum Gasteiger partial charge on any atom is 0.257 e. The van der Waals surface area contributed by atoms with Crippen molar-refractivity contribution < 1.29 is 14.4 Å². The first-order valence-corrected chi connectivity index (χ1v) is 14.8. The molecule has 0 bridgehead atoms. The molecule has 1 aliphatic rings. The van der Waals surface area contributed by atoms with E-state index >= 15 is 0 Å². The van der Waals surface area contributed by atoms with Crippen molar-refractivity contribution in [3.63, 3.8) is 0 Å². The van der Waals surface area contributed by atoms with Gasteiger partial charge in [-0.3, -0.25) is 14.4 Å². The van der Waals surface area contributed by atoms with E-state index in [1.807, 2.05) is 67.9 Å². The van der Waals surface area contributed by atoms with Crippen molar-refractivity contribution in [1.29, 1.82) is 0 Å². The number of nitrogens with zero attached hydrogens (tertiary/aromatic N) is 2. The summed E-state index contributed by atoms with van der Waals surface area (Å²) in [4.78, 5) is 40.5. The van der Waals surface area contributed by atoms with Gasteiger partial charge in [-0.15, -0.1) is 0 Å². The van der Waals surface area contributed by atoms with Crippen LogP contribution in [0.3, 0.4) is 0 Å². The standard InChI is InChI=1S/C33H44N6O3/c1-7-22-14-16-24(17-15-22)33(8-2,31(42)37-26(28(34)40)18-21(3)4)38-30(41)25-20-35-39-29(25)36-27(19-32(39,5)6)23-12-10-9-11-13-23/h9-17,20-21,26-27,36H,7-8,18-19H2,1-6H3,(H2,34,40)(H,37,42)(H,38,41)/t26-,27?,33?/m0/s1. The predicted molar refractivity (Wildman–Crippen MR) is 165 cm³/mol. The second-order valence-electron chi connectivity index (χ2n) is 12.3. The molecular formula is C33H44N6O3. The highest BCUT2D eigenvalue weighted by molar-refractivity contribution is 6.03. The lowest BCUT2D eigenvalue weighted by molar-refractivity contribution is -0.132. The zero-order chi connectivity index (χ0) is 30.7. The number of carbonyl (C=O) groups excluding carboxylic acids is 3. The summed E-state index contributed by atoms with van der Waals surface area (Å²) in [5.41, 5.74) is 7.05. The number of benzene rings is 2. The number of amides is 3. The van der Waals surface area contributed by atoms with Gasteiger partial charge in [0.15, 0.2) is 0 Å². The third-order valence-corrected chi connectivity index (χ3v) is 8.26. The molecule has 0 saturated heterocycles. The van der Waals surface area contributed by atoms with E-state index in [4.69, 9.17) is 5.73 Å². The molecule has 9 nitrogen and oxygen atoms in total. The third kappa shape index (κ3) is 6.20. The van der Waals surface area contributed by atoms with E-state index in [1.165, 1.54) is 0 Å². The Kier molecular flexibility index (Phi) is 9.09. The Bertz CT molecular complexity index is 1410. The highest BCUT2D eigenvalue weighted by Gasteiger charge is 2.43. The number of rotatable bonds is 11. The van der Waals surface area contributed by atoms with Crippen molar-refractivity contribution in [1.82, 2.24) is 20.4 Å². The highest BCUT2D eigenvalue weighted by atomic mass is 16.2. The van der Waals surface area contributed by atoms with E-state index in [9.17, 15) is 14.4 Å². The molecule has 0 aliphatic carbocycles. The summed E-state index contributed by atoms with van der Waals surface area (Å²) >= 11 is 0. The van der Waals surface area contributed by atoms with Gasteiger partial charge in [-0.25, -0.2) is 4.68 Å². The monoisotopic (exact) mass is 572 g/mol. The zero-order valence-corrected chi connectivity index (χ0v) is 25.5. The van der Waals surface area contributed by atoms with Gasteiger partial charge in [0.05, 0.1) is 17.8 Å². The minimum Gasteiger partial charge on any atom is -0.368 e. The molecule has 224 valence electrons. The number of fused-ring (bicyclic) bond motifs is 1. The predicted octanol–water partition coefficient (Wildman–Crippen LogP) is 4.79. The number of carbonyl (C=O) groups is 3. The van der Waals surface area contributed by atoms with Crippen LogP contribution < -0.4 is 21.7 Å². The summed E-state index contributed by atoms with van der Waals surface area (Å²) < 4.78 is 1.84. The molecule has 9 heteroatoms. The molecule has 2 aromatic carbocycles. The number of nitrogens with one attached hydrogen (secondary N) is 3. The van der Waals surface area contributed by atoms with Crippen LogP contribution in [0.1, 0.15) is 93.9 Å². The summed E-state index contributed by atoms with van der Waals surface area (Å²) in [6, 6.07) is 16.9. The molecule has 0 spiro atoms. The SMILES string of the molecule is CCc1ccc(C(CC)(NC(=O)c2cnn3c2NC(c2ccccc2)CC3(C)C)C(=O)N[C@@H](CC(C)C)C(N)=O)cc1. The van der Waals surface area contributed by atoms with Crippen LogP contribution in [0.15, 0.2) is 60.8 Å². The highest BCUT2D eigenvalue weighted by Crippen LogP contribution is 2.40. The van der Waals surface area contributed by atoms with Crippen molar-refractivity contribution in [3.05, 3.63) is 83.0 Å². The number of hydrogen-bond donors (Lipinski definition) is 4. The van der Waals surface area contributed by atoms with Crippen molar-refractivity contribution >= 4 is 23.5 Å². The van der Waals surface area contributed by atoms with Gasteiger partial charge in [0.2, 0.25) is 5.91 Å². The lowest BCUT2D eigenvalue weighted by atomic mass is 9.84. The average Bonchev–Trinajstić information content (AvgIpc) is 3.41. The van der Waals surface area contributed by atoms with Gasteiger partial charge in [0, 0.05) is 0 Å². The van der Waals surface area contributed by atoms with Crippen LogP contribution >= 0.6 is 0 Å². The van der Waals surface area contributed by atoms with Crippen molar-refractivity contribution in [2.45, 2.75) is 90.4 Å². The summed E-state index contributed by atoms with van der Waals surface area (Å²) in [6.45, 7) is 12.0. The van der Waals surface area contributed by atoms with E-state index in [0.29, 0.717) is 23.4 Å². The van der Waals surface area contributed by atoms with Gasteiger partial charge >= 0.3 is 0 Å². The van der Waals surface area contributed by atoms with Crippen molar-refractivity contribution in [3.8, 4) is 0 Å². The number of hydrogen-bond acceptors (Lipinski definition) is 5. The second-order valence-corrected chi connectivity index (χ2v) is 12.3. The van der Waals surface area contributed by atoms with Gasteiger partial charge in [-0.1, -0.05) is 82.3 Å². The molecule has 3 aromatic rings. The van der Waals surface area contributed by atoms with Gasteiger partial charge in [0.1, 0.15) is 23.0 Å². The maximum absolute atomic E-state index is 14.1. The average molecular weight is 573 g/mol. The van der Waals surface area contributed by atoms with E-state index < -0.39 is 29.3 Å². The fourth-order valence-electron chi connectivity index (χ4n) is 5.80. The summed E-state index contributed by atoms with van der Waals surface area (Å²) in [7, 11) is 0. The Morgan fingerprint density at radius 2 is 1.76 bits per heavy atom. The van der Waals surface area contributed by atoms with Gasteiger partial charge in [0.25, 0.3) is 11.8 Å². The smallest absolute Gasteiger partial charge is 0.257 e. The fraction of sp³-hybridized carbons (Fsp3) is 0.455.